The Balaban J connectivity index is 1.67. The minimum Gasteiger partial charge on any atom is -0.497 e. The molecule has 0 N–H and O–H groups in total. The lowest BCUT2D eigenvalue weighted by molar-refractivity contribution is 0.0519. The standard InChI is InChI=1S/C24H24FN3O4/c1-4-31-23(29)19-13-26-24(28-15(2)11-16-7-5-6-8-21(16)28)27-22(19)32-14-17-9-10-18(30-3)12-20(17)25/h5-10,12-13,15H,4,11,14H2,1-3H3/t15-/m1/s1. The summed E-state index contributed by atoms with van der Waals surface area (Å²) in [6.45, 7) is 3.87. The summed E-state index contributed by atoms with van der Waals surface area (Å²) < 4.78 is 30.3. The van der Waals surface area contributed by atoms with Gasteiger partial charge in [-0.2, -0.15) is 4.98 Å². The van der Waals surface area contributed by atoms with E-state index >= 15 is 0 Å². The molecule has 0 spiro atoms. The highest BCUT2D eigenvalue weighted by Gasteiger charge is 2.30. The zero-order valence-corrected chi connectivity index (χ0v) is 18.2. The fraction of sp³-hybridized carbons (Fsp3) is 0.292. The number of benzene rings is 2. The molecule has 1 aromatic heterocycles. The second-order valence-corrected chi connectivity index (χ2v) is 7.41. The highest BCUT2D eigenvalue weighted by molar-refractivity contribution is 5.91. The van der Waals surface area contributed by atoms with Crippen molar-refractivity contribution in [1.82, 2.24) is 9.97 Å². The quantitative estimate of drug-likeness (QED) is 0.505. The van der Waals surface area contributed by atoms with Crippen LogP contribution in [0.2, 0.25) is 0 Å². The van der Waals surface area contributed by atoms with Crippen LogP contribution in [0.5, 0.6) is 11.6 Å². The first-order valence-corrected chi connectivity index (χ1v) is 10.4. The number of fused-ring (bicyclic) bond motifs is 1. The number of anilines is 2. The van der Waals surface area contributed by atoms with E-state index in [0.717, 1.165) is 12.1 Å². The largest absolute Gasteiger partial charge is 0.497 e. The van der Waals surface area contributed by atoms with Crippen LogP contribution in [-0.2, 0) is 17.8 Å². The van der Waals surface area contributed by atoms with Gasteiger partial charge < -0.3 is 19.1 Å². The van der Waals surface area contributed by atoms with Crippen molar-refractivity contribution in [3.8, 4) is 11.6 Å². The van der Waals surface area contributed by atoms with Gasteiger partial charge in [0.05, 0.1) is 19.9 Å². The van der Waals surface area contributed by atoms with Gasteiger partial charge in [-0.25, -0.2) is 14.2 Å². The van der Waals surface area contributed by atoms with Crippen LogP contribution >= 0.6 is 0 Å². The number of nitrogens with zero attached hydrogens (tertiary/aromatic N) is 3. The first-order chi connectivity index (χ1) is 15.5. The fourth-order valence-corrected chi connectivity index (χ4v) is 3.72. The van der Waals surface area contributed by atoms with Gasteiger partial charge >= 0.3 is 5.97 Å². The number of esters is 1. The molecule has 0 amide bonds. The molecule has 0 saturated carbocycles. The second kappa shape index (κ2) is 9.21. The SMILES string of the molecule is CCOC(=O)c1cnc(N2c3ccccc3C[C@H]2C)nc1OCc1ccc(OC)cc1F. The number of methoxy groups -OCH3 is 1. The number of carbonyl (C=O) groups is 1. The fourth-order valence-electron chi connectivity index (χ4n) is 3.72. The first-order valence-electron chi connectivity index (χ1n) is 10.4. The molecule has 1 atom stereocenters. The molecule has 0 fully saturated rings. The lowest BCUT2D eigenvalue weighted by atomic mass is 10.1. The van der Waals surface area contributed by atoms with Crippen molar-refractivity contribution < 1.29 is 23.4 Å². The Kier molecular flexibility index (Phi) is 6.20. The number of aromatic nitrogens is 2. The molecule has 166 valence electrons. The van der Waals surface area contributed by atoms with Crippen molar-refractivity contribution in [1.29, 1.82) is 0 Å². The summed E-state index contributed by atoms with van der Waals surface area (Å²) in [6.07, 6.45) is 2.25. The Labute approximate surface area is 185 Å². The number of rotatable bonds is 7. The molecule has 1 aliphatic heterocycles. The van der Waals surface area contributed by atoms with Crippen molar-refractivity contribution in [3.05, 3.63) is 71.2 Å². The molecular formula is C24H24FN3O4. The molecule has 0 radical (unpaired) electrons. The summed E-state index contributed by atoms with van der Waals surface area (Å²) in [5, 5.41) is 0. The molecule has 0 saturated heterocycles. The highest BCUT2D eigenvalue weighted by Crippen LogP contribution is 2.37. The Hall–Kier alpha value is -3.68. The molecule has 0 aliphatic carbocycles. The van der Waals surface area contributed by atoms with Crippen LogP contribution in [-0.4, -0.2) is 35.7 Å². The van der Waals surface area contributed by atoms with Crippen molar-refractivity contribution in [2.45, 2.75) is 32.9 Å². The maximum Gasteiger partial charge on any atom is 0.345 e. The molecule has 3 aromatic rings. The smallest absolute Gasteiger partial charge is 0.345 e. The van der Waals surface area contributed by atoms with Crippen LogP contribution in [0.1, 0.15) is 35.3 Å². The van der Waals surface area contributed by atoms with E-state index in [9.17, 15) is 9.18 Å². The van der Waals surface area contributed by atoms with Gasteiger partial charge in [0.2, 0.25) is 11.8 Å². The van der Waals surface area contributed by atoms with Gasteiger partial charge in [-0.05, 0) is 44.0 Å². The highest BCUT2D eigenvalue weighted by atomic mass is 19.1. The average Bonchev–Trinajstić information content (AvgIpc) is 3.13. The average molecular weight is 437 g/mol. The molecule has 4 rings (SSSR count). The zero-order valence-electron chi connectivity index (χ0n) is 18.2. The predicted octanol–water partition coefficient (Wildman–Crippen LogP) is 4.46. The molecule has 2 aromatic carbocycles. The van der Waals surface area contributed by atoms with Gasteiger partial charge in [0.25, 0.3) is 0 Å². The Bertz CT molecular complexity index is 1140. The number of para-hydroxylation sites is 1. The van der Waals surface area contributed by atoms with E-state index in [-0.39, 0.29) is 30.7 Å². The van der Waals surface area contributed by atoms with Crippen LogP contribution in [0.15, 0.2) is 48.7 Å². The molecule has 32 heavy (non-hydrogen) atoms. The number of hydrogen-bond donors (Lipinski definition) is 0. The summed E-state index contributed by atoms with van der Waals surface area (Å²) in [4.78, 5) is 23.4. The van der Waals surface area contributed by atoms with E-state index in [0.29, 0.717) is 17.3 Å². The molecule has 0 bridgehead atoms. The lowest BCUT2D eigenvalue weighted by Crippen LogP contribution is -2.26. The molecular weight excluding hydrogens is 413 g/mol. The molecule has 7 nitrogen and oxygen atoms in total. The molecule has 0 unspecified atom stereocenters. The lowest BCUT2D eigenvalue weighted by Gasteiger charge is -2.23. The van der Waals surface area contributed by atoms with Crippen molar-refractivity contribution in [3.63, 3.8) is 0 Å². The van der Waals surface area contributed by atoms with Gasteiger partial charge in [-0.1, -0.05) is 18.2 Å². The summed E-state index contributed by atoms with van der Waals surface area (Å²) in [6, 6.07) is 12.7. The summed E-state index contributed by atoms with van der Waals surface area (Å²) >= 11 is 0. The number of halogens is 1. The topological polar surface area (TPSA) is 73.8 Å². The Morgan fingerprint density at radius 1 is 1.25 bits per heavy atom. The van der Waals surface area contributed by atoms with Gasteiger partial charge in [0.15, 0.2) is 0 Å². The monoisotopic (exact) mass is 437 g/mol. The van der Waals surface area contributed by atoms with Crippen LogP contribution in [0.3, 0.4) is 0 Å². The van der Waals surface area contributed by atoms with Crippen LogP contribution in [0.25, 0.3) is 0 Å². The first kappa shape index (κ1) is 21.5. The van der Waals surface area contributed by atoms with Crippen molar-refractivity contribution in [2.24, 2.45) is 0 Å². The molecule has 2 heterocycles. The van der Waals surface area contributed by atoms with E-state index < -0.39 is 11.8 Å². The third-order valence-electron chi connectivity index (χ3n) is 5.28. The van der Waals surface area contributed by atoms with E-state index in [2.05, 4.69) is 23.0 Å². The Morgan fingerprint density at radius 3 is 2.81 bits per heavy atom. The van der Waals surface area contributed by atoms with Crippen LogP contribution in [0, 0.1) is 5.82 Å². The zero-order chi connectivity index (χ0) is 22.7. The summed E-state index contributed by atoms with van der Waals surface area (Å²) in [5.41, 5.74) is 2.60. The van der Waals surface area contributed by atoms with E-state index in [1.165, 1.54) is 24.9 Å². The van der Waals surface area contributed by atoms with Crippen molar-refractivity contribution in [2.75, 3.05) is 18.6 Å². The van der Waals surface area contributed by atoms with Gasteiger partial charge in [0.1, 0.15) is 23.7 Å². The van der Waals surface area contributed by atoms with Gasteiger partial charge in [-0.3, -0.25) is 0 Å². The number of carbonyl (C=O) groups excluding carboxylic acids is 1. The van der Waals surface area contributed by atoms with E-state index in [4.69, 9.17) is 14.2 Å². The van der Waals surface area contributed by atoms with Crippen molar-refractivity contribution >= 4 is 17.6 Å². The minimum absolute atomic E-state index is 0.0419. The summed E-state index contributed by atoms with van der Waals surface area (Å²) in [5.74, 6) is -0.219. The van der Waals surface area contributed by atoms with E-state index in [1.807, 2.05) is 23.1 Å². The second-order valence-electron chi connectivity index (χ2n) is 7.41. The minimum atomic E-state index is -0.598. The van der Waals surface area contributed by atoms with Gasteiger partial charge in [0, 0.05) is 23.4 Å². The van der Waals surface area contributed by atoms with Crippen LogP contribution in [0.4, 0.5) is 16.0 Å². The molecule has 8 heteroatoms. The normalized spacial score (nSPS) is 14.8. The molecule has 1 aliphatic rings. The van der Waals surface area contributed by atoms with Crippen LogP contribution < -0.4 is 14.4 Å². The maximum atomic E-state index is 14.4. The van der Waals surface area contributed by atoms with E-state index in [1.54, 1.807) is 19.1 Å². The Morgan fingerprint density at radius 2 is 2.06 bits per heavy atom. The number of hydrogen-bond acceptors (Lipinski definition) is 7. The third kappa shape index (κ3) is 4.21. The van der Waals surface area contributed by atoms with Gasteiger partial charge in [-0.15, -0.1) is 0 Å². The predicted molar refractivity (Wildman–Crippen MR) is 117 cm³/mol. The summed E-state index contributed by atoms with van der Waals surface area (Å²) in [7, 11) is 1.47. The number of ether oxygens (including phenoxy) is 3. The third-order valence-corrected chi connectivity index (χ3v) is 5.28. The maximum absolute atomic E-state index is 14.4.